The maximum atomic E-state index is 14.3. The van der Waals surface area contributed by atoms with Crippen LogP contribution in [0, 0.1) is 0 Å². The van der Waals surface area contributed by atoms with Gasteiger partial charge in [0, 0.05) is 44.7 Å². The third-order valence-electron chi connectivity index (χ3n) is 9.46. The van der Waals surface area contributed by atoms with Crippen LogP contribution in [0.5, 0.6) is 5.75 Å². The summed E-state index contributed by atoms with van der Waals surface area (Å²) in [7, 11) is 0. The molecule has 17 heteroatoms. The molecule has 2 N–H and O–H groups in total. The molecule has 5 heterocycles. The number of hydrogen-bond donors (Lipinski definition) is 2. The second kappa shape index (κ2) is 13.6. The lowest BCUT2D eigenvalue weighted by molar-refractivity contribution is -0.137. The minimum Gasteiger partial charge on any atom is -0.506 e. The lowest BCUT2D eigenvalue weighted by Crippen LogP contribution is -2.52. The van der Waals surface area contributed by atoms with Gasteiger partial charge in [0.15, 0.2) is 11.5 Å². The smallest absolute Gasteiger partial charge is 0.416 e. The van der Waals surface area contributed by atoms with Crippen molar-refractivity contribution in [2.24, 2.45) is 4.99 Å². The number of alkyl halides is 3. The number of nitrogens with zero attached hydrogens (tertiary/aromatic N) is 7. The maximum Gasteiger partial charge on any atom is 0.416 e. The number of fused-ring (bicyclic) bond motifs is 2. The minimum atomic E-state index is -4.61. The van der Waals surface area contributed by atoms with Crippen molar-refractivity contribution >= 4 is 46.3 Å². The van der Waals surface area contributed by atoms with E-state index in [-0.39, 0.29) is 78.6 Å². The Bertz CT molecular complexity index is 2240. The number of piperazine rings is 1. The van der Waals surface area contributed by atoms with E-state index in [1.54, 1.807) is 22.5 Å². The molecule has 2 amide bonds. The van der Waals surface area contributed by atoms with Gasteiger partial charge < -0.3 is 29.5 Å². The molecule has 0 unspecified atom stereocenters. The summed E-state index contributed by atoms with van der Waals surface area (Å²) < 4.78 is 48.1. The third-order valence-corrected chi connectivity index (χ3v) is 9.77. The molecule has 0 saturated carbocycles. The molecule has 1 saturated heterocycles. The lowest BCUT2D eigenvalue weighted by atomic mass is 10.1. The lowest BCUT2D eigenvalue weighted by Gasteiger charge is -2.37. The summed E-state index contributed by atoms with van der Waals surface area (Å²) in [6.45, 7) is 5.14. The van der Waals surface area contributed by atoms with Crippen molar-refractivity contribution in [1.29, 1.82) is 0 Å². The van der Waals surface area contributed by atoms with Gasteiger partial charge in [0.25, 0.3) is 11.5 Å². The van der Waals surface area contributed by atoms with Gasteiger partial charge in [-0.15, -0.1) is 5.10 Å². The number of benzene rings is 2. The SMILES string of the molecule is CCc1c(N2CCN(C(=O)C3=NCCC(C)=C3O)CC2)c(=O)n2nc(-c3ccc4c(c3)OCC4)nc2n1CC(=O)Nc1ccc(C(F)(F)F)cc1Cl. The molecule has 2 aromatic heterocycles. The fourth-order valence-electron chi connectivity index (χ4n) is 6.67. The number of aliphatic hydroxyl groups is 1. The molecule has 4 aromatic rings. The topological polar surface area (TPSA) is 147 Å². The number of carbonyl (C=O) groups excluding carboxylic acids is 2. The molecule has 0 atom stereocenters. The van der Waals surface area contributed by atoms with Gasteiger partial charge in [-0.2, -0.15) is 22.7 Å². The van der Waals surface area contributed by atoms with Crippen molar-refractivity contribution in [1.82, 2.24) is 24.1 Å². The molecule has 1 fully saturated rings. The summed E-state index contributed by atoms with van der Waals surface area (Å²) in [5.41, 5.74) is 1.65. The minimum absolute atomic E-state index is 0.0188. The highest BCUT2D eigenvalue weighted by molar-refractivity contribution is 6.44. The van der Waals surface area contributed by atoms with Gasteiger partial charge in [0.2, 0.25) is 11.7 Å². The van der Waals surface area contributed by atoms with E-state index < -0.39 is 29.1 Å². The zero-order valence-electron chi connectivity index (χ0n) is 28.3. The van der Waals surface area contributed by atoms with Crippen molar-refractivity contribution in [3.05, 3.63) is 79.9 Å². The van der Waals surface area contributed by atoms with E-state index >= 15 is 0 Å². The van der Waals surface area contributed by atoms with Crippen LogP contribution in [0.1, 0.15) is 37.1 Å². The van der Waals surface area contributed by atoms with Crippen LogP contribution < -0.4 is 20.5 Å². The standard InChI is InChI=1S/C35H34ClF3N8O5/c1-3-25-29(44-11-13-45(14-12-44)32(50)28-30(49)19(2)8-10-40-28)33(51)47-34(42-31(43-47)21-5-4-20-9-15-52-26(20)16-21)46(25)18-27(48)41-24-7-6-22(17-23(24)36)35(37,38)39/h4-7,16-17,49H,3,8-15,18H2,1-2H3,(H,41,48). The molecular weight excluding hydrogens is 705 g/mol. The molecule has 3 aliphatic heterocycles. The Labute approximate surface area is 300 Å². The average Bonchev–Trinajstić information content (AvgIpc) is 3.79. The number of nitrogens with one attached hydrogen (secondary N) is 1. The van der Waals surface area contributed by atoms with Crippen LogP contribution in [0.15, 0.2) is 57.5 Å². The molecule has 7 rings (SSSR count). The molecule has 13 nitrogen and oxygen atoms in total. The van der Waals surface area contributed by atoms with E-state index in [9.17, 15) is 32.7 Å². The van der Waals surface area contributed by atoms with Crippen molar-refractivity contribution in [2.45, 2.75) is 45.8 Å². The first kappa shape index (κ1) is 35.0. The normalized spacial score (nSPS) is 16.2. The van der Waals surface area contributed by atoms with Gasteiger partial charge >= 0.3 is 6.18 Å². The van der Waals surface area contributed by atoms with Gasteiger partial charge in [0.05, 0.1) is 28.6 Å². The zero-order valence-corrected chi connectivity index (χ0v) is 29.0. The Morgan fingerprint density at radius 3 is 2.56 bits per heavy atom. The summed E-state index contributed by atoms with van der Waals surface area (Å²) in [4.78, 5) is 53.5. The van der Waals surface area contributed by atoms with Crippen molar-refractivity contribution in [3.63, 3.8) is 0 Å². The Morgan fingerprint density at radius 1 is 1.08 bits per heavy atom. The first-order chi connectivity index (χ1) is 24.8. The van der Waals surface area contributed by atoms with Gasteiger partial charge in [-0.05, 0) is 55.2 Å². The van der Waals surface area contributed by atoms with Crippen LogP contribution in [0.3, 0.4) is 0 Å². The molecule has 2 aromatic carbocycles. The second-order valence-electron chi connectivity index (χ2n) is 12.7. The number of aromatic nitrogens is 4. The first-order valence-electron chi connectivity index (χ1n) is 16.8. The molecule has 0 spiro atoms. The van der Waals surface area contributed by atoms with E-state index in [0.717, 1.165) is 34.7 Å². The van der Waals surface area contributed by atoms with Crippen molar-refractivity contribution in [3.8, 4) is 17.1 Å². The Kier molecular flexibility index (Phi) is 9.19. The van der Waals surface area contributed by atoms with Crippen LogP contribution >= 0.6 is 11.6 Å². The molecule has 0 aliphatic carbocycles. The number of anilines is 2. The fraction of sp³-hybridized carbons (Fsp3) is 0.371. The maximum absolute atomic E-state index is 14.3. The number of halogens is 4. The zero-order chi connectivity index (χ0) is 36.9. The molecule has 272 valence electrons. The van der Waals surface area contributed by atoms with Gasteiger partial charge in [-0.1, -0.05) is 30.7 Å². The van der Waals surface area contributed by atoms with Gasteiger partial charge in [-0.3, -0.25) is 19.4 Å². The Hall–Kier alpha value is -5.38. The Balaban J connectivity index is 1.24. The fourth-order valence-corrected chi connectivity index (χ4v) is 6.89. The Morgan fingerprint density at radius 2 is 1.85 bits per heavy atom. The van der Waals surface area contributed by atoms with Crippen LogP contribution in [-0.2, 0) is 35.2 Å². The number of aliphatic hydroxyl groups excluding tert-OH is 1. The van der Waals surface area contributed by atoms with E-state index in [0.29, 0.717) is 42.2 Å². The van der Waals surface area contributed by atoms with E-state index in [1.165, 1.54) is 0 Å². The highest BCUT2D eigenvalue weighted by Gasteiger charge is 2.33. The third kappa shape index (κ3) is 6.46. The van der Waals surface area contributed by atoms with Crippen molar-refractivity contribution in [2.75, 3.05) is 49.5 Å². The average molecular weight is 739 g/mol. The summed E-state index contributed by atoms with van der Waals surface area (Å²) in [6, 6.07) is 8.19. The number of aliphatic imine (C=N–C) groups is 1. The summed E-state index contributed by atoms with van der Waals surface area (Å²) in [5.74, 6) is -0.125. The number of amides is 2. The number of rotatable bonds is 7. The van der Waals surface area contributed by atoms with Gasteiger partial charge in [-0.25, -0.2) is 0 Å². The van der Waals surface area contributed by atoms with Crippen LogP contribution in [-0.4, -0.2) is 86.0 Å². The second-order valence-corrected chi connectivity index (χ2v) is 13.1. The quantitative estimate of drug-likeness (QED) is 0.278. The van der Waals surface area contributed by atoms with Crippen LogP contribution in [0.4, 0.5) is 24.5 Å². The molecule has 0 radical (unpaired) electrons. The first-order valence-corrected chi connectivity index (χ1v) is 17.1. The number of ether oxygens (including phenoxy) is 1. The van der Waals surface area contributed by atoms with Gasteiger partial charge in [0.1, 0.15) is 23.7 Å². The molecule has 0 bridgehead atoms. The predicted octanol–water partition coefficient (Wildman–Crippen LogP) is 4.69. The largest absolute Gasteiger partial charge is 0.506 e. The predicted molar refractivity (Wildman–Crippen MR) is 187 cm³/mol. The van der Waals surface area contributed by atoms with E-state index in [2.05, 4.69) is 15.4 Å². The van der Waals surface area contributed by atoms with E-state index in [4.69, 9.17) is 21.3 Å². The van der Waals surface area contributed by atoms with E-state index in [1.807, 2.05) is 24.0 Å². The van der Waals surface area contributed by atoms with Crippen LogP contribution in [0.2, 0.25) is 5.02 Å². The molecule has 3 aliphatic rings. The number of hydrogen-bond acceptors (Lipinski definition) is 9. The highest BCUT2D eigenvalue weighted by Crippen LogP contribution is 2.34. The number of dihydropyridines is 1. The summed E-state index contributed by atoms with van der Waals surface area (Å²) in [6.07, 6.45) is -2.98. The summed E-state index contributed by atoms with van der Waals surface area (Å²) >= 11 is 6.14. The van der Waals surface area contributed by atoms with Crippen molar-refractivity contribution < 1.29 is 32.6 Å². The highest BCUT2D eigenvalue weighted by atomic mass is 35.5. The monoisotopic (exact) mass is 738 g/mol. The summed E-state index contributed by atoms with van der Waals surface area (Å²) in [5, 5.41) is 17.4. The van der Waals surface area contributed by atoms with Crippen LogP contribution in [0.25, 0.3) is 17.2 Å². The molecular formula is C35H34ClF3N8O5. The number of carbonyl (C=O) groups is 2. The molecule has 52 heavy (non-hydrogen) atoms.